The minimum atomic E-state index is 0.472. The van der Waals surface area contributed by atoms with Crippen molar-refractivity contribution in [2.45, 2.75) is 0 Å². The van der Waals surface area contributed by atoms with E-state index in [-0.39, 0.29) is 0 Å². The van der Waals surface area contributed by atoms with Gasteiger partial charge in [-0.3, -0.25) is 0 Å². The minimum Gasteiger partial charge on any atom is -0.216 e. The fourth-order valence-corrected chi connectivity index (χ4v) is 0.185. The second-order valence-corrected chi connectivity index (χ2v) is 0.939. The first-order valence-electron chi connectivity index (χ1n) is 1.96. The molecule has 0 aromatic rings. The lowest BCUT2D eigenvalue weighted by Gasteiger charge is -1.63. The van der Waals surface area contributed by atoms with Crippen LogP contribution in [0.3, 0.4) is 0 Å². The molecule has 0 heterocycles. The molecule has 0 saturated carbocycles. The quantitative estimate of drug-likeness (QED) is 0.464. The molecule has 0 unspecified atom stereocenters. The van der Waals surface area contributed by atoms with Crippen LogP contribution >= 0.6 is 0 Å². The molecule has 0 aliphatic heterocycles. The molecule has 0 rings (SSSR count). The minimum absolute atomic E-state index is 0.472. The lowest BCUT2D eigenvalue weighted by Crippen LogP contribution is -1.41. The second kappa shape index (κ2) is 5.15. The molecule has 0 fully saturated rings. The maximum atomic E-state index is 11.1. The zero-order chi connectivity index (χ0) is 5.54. The molecule has 0 aromatic heterocycles. The number of hydrogen-bond acceptors (Lipinski definition) is 0. The average molecular weight is 98.1 g/mol. The van der Waals surface area contributed by atoms with E-state index in [1.54, 1.807) is 18.2 Å². The Morgan fingerprint density at radius 3 is 2.29 bits per heavy atom. The van der Waals surface area contributed by atoms with Gasteiger partial charge in [-0.2, -0.15) is 0 Å². The van der Waals surface area contributed by atoms with Crippen LogP contribution < -0.4 is 0 Å². The molecule has 1 heteroatoms. The van der Waals surface area contributed by atoms with Crippen molar-refractivity contribution in [1.82, 2.24) is 0 Å². The Kier molecular flexibility index (Phi) is 4.52. The second-order valence-electron chi connectivity index (χ2n) is 0.939. The van der Waals surface area contributed by atoms with Gasteiger partial charge in [0.2, 0.25) is 0 Å². The molecule has 0 amide bonds. The Bertz CT molecular complexity index is 90.4. The van der Waals surface area contributed by atoms with E-state index in [0.717, 1.165) is 0 Å². The number of hydrogen-bond donors (Lipinski definition) is 0. The molecule has 0 nitrogen and oxygen atoms in total. The standard InChI is InChI=1S/C6H7F/c1-2-3-4-5-6-7/h2-6H,1H2/b4-3+,6-5-. The summed E-state index contributed by atoms with van der Waals surface area (Å²) >= 11 is 0. The van der Waals surface area contributed by atoms with Gasteiger partial charge in [0.05, 0.1) is 6.33 Å². The summed E-state index contributed by atoms with van der Waals surface area (Å²) in [5.74, 6) is 0. The van der Waals surface area contributed by atoms with E-state index in [0.29, 0.717) is 6.33 Å². The van der Waals surface area contributed by atoms with Crippen LogP contribution in [0.25, 0.3) is 0 Å². The lowest BCUT2D eigenvalue weighted by molar-refractivity contribution is 0.721. The summed E-state index contributed by atoms with van der Waals surface area (Å²) in [7, 11) is 0. The summed E-state index contributed by atoms with van der Waals surface area (Å²) in [4.78, 5) is 0. The van der Waals surface area contributed by atoms with E-state index in [2.05, 4.69) is 6.58 Å². The van der Waals surface area contributed by atoms with Crippen LogP contribution in [0.1, 0.15) is 0 Å². The molecule has 0 atom stereocenters. The molecule has 38 valence electrons. The van der Waals surface area contributed by atoms with Crippen molar-refractivity contribution >= 4 is 0 Å². The highest BCUT2D eigenvalue weighted by atomic mass is 19.1. The van der Waals surface area contributed by atoms with Gasteiger partial charge >= 0.3 is 0 Å². The van der Waals surface area contributed by atoms with Gasteiger partial charge in [0.25, 0.3) is 0 Å². The van der Waals surface area contributed by atoms with Crippen molar-refractivity contribution in [2.75, 3.05) is 0 Å². The highest BCUT2D eigenvalue weighted by molar-refractivity contribution is 5.06. The van der Waals surface area contributed by atoms with Crippen molar-refractivity contribution in [3.05, 3.63) is 37.2 Å². The first kappa shape index (κ1) is 6.15. The first-order chi connectivity index (χ1) is 3.41. The topological polar surface area (TPSA) is 0 Å². The normalized spacial score (nSPS) is 11.0. The summed E-state index contributed by atoms with van der Waals surface area (Å²) < 4.78 is 11.1. The molecule has 0 aliphatic rings. The van der Waals surface area contributed by atoms with E-state index in [4.69, 9.17) is 0 Å². The average Bonchev–Trinajstić information content (AvgIpc) is 1.69. The number of allylic oxidation sites excluding steroid dienone is 4. The van der Waals surface area contributed by atoms with Gasteiger partial charge in [0.1, 0.15) is 0 Å². The van der Waals surface area contributed by atoms with E-state index in [1.807, 2.05) is 0 Å². The van der Waals surface area contributed by atoms with E-state index in [1.165, 1.54) is 6.08 Å². The van der Waals surface area contributed by atoms with Crippen molar-refractivity contribution in [3.8, 4) is 0 Å². The Hall–Kier alpha value is -0.850. The molecule has 0 radical (unpaired) electrons. The highest BCUT2D eigenvalue weighted by Crippen LogP contribution is 1.76. The third-order valence-corrected chi connectivity index (χ3v) is 0.431. The van der Waals surface area contributed by atoms with Crippen molar-refractivity contribution in [3.63, 3.8) is 0 Å². The summed E-state index contributed by atoms with van der Waals surface area (Å²) in [5.41, 5.74) is 0. The van der Waals surface area contributed by atoms with Gasteiger partial charge in [-0.05, 0) is 6.08 Å². The first-order valence-corrected chi connectivity index (χ1v) is 1.96. The summed E-state index contributed by atoms with van der Waals surface area (Å²) in [6.45, 7) is 3.39. The van der Waals surface area contributed by atoms with Gasteiger partial charge in [-0.1, -0.05) is 24.8 Å². The van der Waals surface area contributed by atoms with Crippen LogP contribution in [-0.2, 0) is 0 Å². The van der Waals surface area contributed by atoms with E-state index < -0.39 is 0 Å². The number of halogens is 1. The highest BCUT2D eigenvalue weighted by Gasteiger charge is 1.54. The number of rotatable bonds is 2. The molecular formula is C6H7F. The zero-order valence-electron chi connectivity index (χ0n) is 3.97. The molecule has 0 saturated heterocycles. The fraction of sp³-hybridized carbons (Fsp3) is 0. The summed E-state index contributed by atoms with van der Waals surface area (Å²) in [6, 6.07) is 0. The summed E-state index contributed by atoms with van der Waals surface area (Å²) in [5, 5.41) is 0. The molecule has 7 heavy (non-hydrogen) atoms. The Labute approximate surface area is 42.7 Å². The predicted octanol–water partition coefficient (Wildman–Crippen LogP) is 2.21. The van der Waals surface area contributed by atoms with Crippen molar-refractivity contribution < 1.29 is 4.39 Å². The van der Waals surface area contributed by atoms with Crippen LogP contribution in [0.5, 0.6) is 0 Å². The summed E-state index contributed by atoms with van der Waals surface area (Å²) in [6.07, 6.45) is 6.56. The Morgan fingerprint density at radius 2 is 1.86 bits per heavy atom. The van der Waals surface area contributed by atoms with Crippen LogP contribution in [0.4, 0.5) is 4.39 Å². The van der Waals surface area contributed by atoms with Crippen LogP contribution in [0.2, 0.25) is 0 Å². The maximum absolute atomic E-state index is 11.1. The van der Waals surface area contributed by atoms with Crippen LogP contribution in [0, 0.1) is 0 Å². The van der Waals surface area contributed by atoms with Crippen molar-refractivity contribution in [2.24, 2.45) is 0 Å². The van der Waals surface area contributed by atoms with Crippen molar-refractivity contribution in [1.29, 1.82) is 0 Å². The Balaban J connectivity index is 3.27. The fourth-order valence-electron chi connectivity index (χ4n) is 0.185. The van der Waals surface area contributed by atoms with Crippen LogP contribution in [-0.4, -0.2) is 0 Å². The molecule has 0 bridgehead atoms. The van der Waals surface area contributed by atoms with Gasteiger partial charge in [0.15, 0.2) is 0 Å². The molecule has 0 aliphatic carbocycles. The monoisotopic (exact) mass is 98.1 g/mol. The van der Waals surface area contributed by atoms with Crippen LogP contribution in [0.15, 0.2) is 37.2 Å². The van der Waals surface area contributed by atoms with Gasteiger partial charge < -0.3 is 0 Å². The zero-order valence-corrected chi connectivity index (χ0v) is 3.97. The van der Waals surface area contributed by atoms with E-state index >= 15 is 0 Å². The molecule has 0 N–H and O–H groups in total. The molecule has 0 aromatic carbocycles. The van der Waals surface area contributed by atoms with Gasteiger partial charge in [0, 0.05) is 0 Å². The largest absolute Gasteiger partial charge is 0.216 e. The third-order valence-electron chi connectivity index (χ3n) is 0.431. The lowest BCUT2D eigenvalue weighted by atomic mass is 10.5. The van der Waals surface area contributed by atoms with E-state index in [9.17, 15) is 4.39 Å². The molecular weight excluding hydrogens is 91.1 g/mol. The van der Waals surface area contributed by atoms with Gasteiger partial charge in [-0.15, -0.1) is 0 Å². The SMILES string of the molecule is C=C/C=C/C=C\F. The predicted molar refractivity (Wildman–Crippen MR) is 29.6 cm³/mol. The Morgan fingerprint density at radius 1 is 1.14 bits per heavy atom. The molecule has 0 spiro atoms. The van der Waals surface area contributed by atoms with Gasteiger partial charge in [-0.25, -0.2) is 4.39 Å². The maximum Gasteiger partial charge on any atom is 0.0866 e. The smallest absolute Gasteiger partial charge is 0.0866 e. The third kappa shape index (κ3) is 5.15.